The normalized spacial score (nSPS) is 18.6. The van der Waals surface area contributed by atoms with Gasteiger partial charge in [-0.25, -0.2) is 0 Å². The number of carbonyl (C=O) groups is 2. The van der Waals surface area contributed by atoms with Gasteiger partial charge in [-0.1, -0.05) is 24.3 Å². The number of nitrogens with zero attached hydrogens (tertiary/aromatic N) is 3. The molecular weight excluding hydrogens is 358 g/mol. The molecule has 5 nitrogen and oxygen atoms in total. The van der Waals surface area contributed by atoms with Crippen LogP contribution in [0, 0.1) is 5.92 Å². The first-order chi connectivity index (χ1) is 13.2. The van der Waals surface area contributed by atoms with Gasteiger partial charge in [0.05, 0.1) is 4.88 Å². The highest BCUT2D eigenvalue weighted by atomic mass is 32.1. The number of para-hydroxylation sites is 1. The van der Waals surface area contributed by atoms with Gasteiger partial charge in [0.15, 0.2) is 0 Å². The molecule has 2 fully saturated rings. The van der Waals surface area contributed by atoms with Gasteiger partial charge in [0.25, 0.3) is 5.91 Å². The summed E-state index contributed by atoms with van der Waals surface area (Å²) in [5.74, 6) is 0.430. The van der Waals surface area contributed by atoms with E-state index in [4.69, 9.17) is 0 Å². The molecule has 142 valence electrons. The van der Waals surface area contributed by atoms with Crippen LogP contribution in [0.1, 0.15) is 22.5 Å². The van der Waals surface area contributed by atoms with Crippen LogP contribution in [0.3, 0.4) is 0 Å². The van der Waals surface area contributed by atoms with Crippen LogP contribution in [0.25, 0.3) is 0 Å². The summed E-state index contributed by atoms with van der Waals surface area (Å²) in [5.41, 5.74) is 1.23. The number of hydrogen-bond donors (Lipinski definition) is 0. The average Bonchev–Trinajstić information content (AvgIpc) is 3.28. The Morgan fingerprint density at radius 2 is 1.52 bits per heavy atom. The molecule has 2 aromatic rings. The molecule has 2 aliphatic heterocycles. The lowest BCUT2D eigenvalue weighted by molar-refractivity contribution is -0.137. The number of anilines is 1. The molecule has 0 aliphatic carbocycles. The van der Waals surface area contributed by atoms with Crippen molar-refractivity contribution in [2.75, 3.05) is 44.2 Å². The van der Waals surface area contributed by atoms with E-state index >= 15 is 0 Å². The number of piperazine rings is 1. The molecule has 27 heavy (non-hydrogen) atoms. The molecule has 2 aliphatic rings. The Kier molecular flexibility index (Phi) is 5.43. The summed E-state index contributed by atoms with van der Waals surface area (Å²) in [5, 5.41) is 1.93. The predicted molar refractivity (Wildman–Crippen MR) is 108 cm³/mol. The van der Waals surface area contributed by atoms with E-state index in [0.29, 0.717) is 13.1 Å². The van der Waals surface area contributed by atoms with Crippen LogP contribution in [0.2, 0.25) is 0 Å². The zero-order valence-corrected chi connectivity index (χ0v) is 16.2. The molecule has 0 atom stereocenters. The van der Waals surface area contributed by atoms with Crippen LogP contribution in [-0.4, -0.2) is 60.9 Å². The first kappa shape index (κ1) is 18.0. The topological polar surface area (TPSA) is 43.9 Å². The fourth-order valence-electron chi connectivity index (χ4n) is 3.97. The molecular formula is C21H25N3O2S. The van der Waals surface area contributed by atoms with Gasteiger partial charge in [0, 0.05) is 50.9 Å². The fraction of sp³-hybridized carbons (Fsp3) is 0.429. The number of hydrogen-bond acceptors (Lipinski definition) is 4. The summed E-state index contributed by atoms with van der Waals surface area (Å²) >= 11 is 1.48. The highest BCUT2D eigenvalue weighted by Gasteiger charge is 2.32. The van der Waals surface area contributed by atoms with E-state index in [1.165, 1.54) is 17.0 Å². The summed E-state index contributed by atoms with van der Waals surface area (Å²) in [6.07, 6.45) is 1.55. The SMILES string of the molecule is O=C(c1cccs1)N1CCC(C(=O)N2CCN(c3ccccc3)CC2)CC1. The van der Waals surface area contributed by atoms with Crippen molar-refractivity contribution in [1.82, 2.24) is 9.80 Å². The molecule has 0 radical (unpaired) electrons. The van der Waals surface area contributed by atoms with Crippen molar-refractivity contribution in [2.24, 2.45) is 5.92 Å². The number of likely N-dealkylation sites (tertiary alicyclic amines) is 1. The van der Waals surface area contributed by atoms with Crippen molar-refractivity contribution < 1.29 is 9.59 Å². The Morgan fingerprint density at radius 3 is 2.15 bits per heavy atom. The Balaban J connectivity index is 1.27. The lowest BCUT2D eigenvalue weighted by Crippen LogP contribution is -2.52. The average molecular weight is 384 g/mol. The van der Waals surface area contributed by atoms with Crippen LogP contribution in [0.15, 0.2) is 47.8 Å². The summed E-state index contributed by atoms with van der Waals surface area (Å²) < 4.78 is 0. The Morgan fingerprint density at radius 1 is 0.815 bits per heavy atom. The lowest BCUT2D eigenvalue weighted by Gasteiger charge is -2.39. The number of rotatable bonds is 3. The lowest BCUT2D eigenvalue weighted by atomic mass is 9.94. The molecule has 1 aromatic carbocycles. The number of benzene rings is 1. The van der Waals surface area contributed by atoms with Crippen LogP contribution in [0.5, 0.6) is 0 Å². The summed E-state index contributed by atoms with van der Waals surface area (Å²) in [6.45, 7) is 4.68. The second kappa shape index (κ2) is 8.13. The predicted octanol–water partition coefficient (Wildman–Crippen LogP) is 2.95. The largest absolute Gasteiger partial charge is 0.368 e. The molecule has 0 saturated carbocycles. The number of piperidine rings is 1. The van der Waals surface area contributed by atoms with Crippen molar-refractivity contribution in [3.05, 3.63) is 52.7 Å². The molecule has 6 heteroatoms. The molecule has 2 saturated heterocycles. The van der Waals surface area contributed by atoms with Gasteiger partial charge >= 0.3 is 0 Å². The van der Waals surface area contributed by atoms with E-state index < -0.39 is 0 Å². The summed E-state index contributed by atoms with van der Waals surface area (Å²) in [4.78, 5) is 32.4. The molecule has 4 rings (SSSR count). The number of thiophene rings is 1. The smallest absolute Gasteiger partial charge is 0.263 e. The number of carbonyl (C=O) groups excluding carboxylic acids is 2. The molecule has 3 heterocycles. The van der Waals surface area contributed by atoms with E-state index in [1.54, 1.807) is 0 Å². The standard InChI is InChI=1S/C21H25N3O2S/c25-20(24-14-12-22(13-15-24)18-5-2-1-3-6-18)17-8-10-23(11-9-17)21(26)19-7-4-16-27-19/h1-7,16-17H,8-15H2. The van der Waals surface area contributed by atoms with Gasteiger partial charge < -0.3 is 14.7 Å². The zero-order chi connectivity index (χ0) is 18.6. The van der Waals surface area contributed by atoms with Crippen molar-refractivity contribution in [1.29, 1.82) is 0 Å². The summed E-state index contributed by atoms with van der Waals surface area (Å²) in [6, 6.07) is 14.2. The van der Waals surface area contributed by atoms with Crippen molar-refractivity contribution in [3.8, 4) is 0 Å². The van der Waals surface area contributed by atoms with E-state index in [2.05, 4.69) is 29.2 Å². The minimum atomic E-state index is 0.0562. The Hall–Kier alpha value is -2.34. The van der Waals surface area contributed by atoms with Crippen LogP contribution < -0.4 is 4.90 Å². The van der Waals surface area contributed by atoms with Crippen molar-refractivity contribution >= 4 is 28.8 Å². The molecule has 0 spiro atoms. The molecule has 2 amide bonds. The first-order valence-corrected chi connectivity index (χ1v) is 10.5. The van der Waals surface area contributed by atoms with E-state index in [-0.39, 0.29) is 17.7 Å². The van der Waals surface area contributed by atoms with Crippen LogP contribution in [-0.2, 0) is 4.79 Å². The third kappa shape index (κ3) is 4.00. The molecule has 0 unspecified atom stereocenters. The first-order valence-electron chi connectivity index (χ1n) is 9.64. The van der Waals surface area contributed by atoms with Gasteiger partial charge in [-0.05, 0) is 36.4 Å². The van der Waals surface area contributed by atoms with E-state index in [9.17, 15) is 9.59 Å². The van der Waals surface area contributed by atoms with Crippen LogP contribution >= 0.6 is 11.3 Å². The highest BCUT2D eigenvalue weighted by molar-refractivity contribution is 7.12. The summed E-state index contributed by atoms with van der Waals surface area (Å²) in [7, 11) is 0. The zero-order valence-electron chi connectivity index (χ0n) is 15.4. The van der Waals surface area contributed by atoms with Crippen LogP contribution in [0.4, 0.5) is 5.69 Å². The third-order valence-corrected chi connectivity index (χ3v) is 6.43. The van der Waals surface area contributed by atoms with Gasteiger partial charge in [-0.3, -0.25) is 9.59 Å². The minimum absolute atomic E-state index is 0.0562. The Labute approximate surface area is 164 Å². The van der Waals surface area contributed by atoms with E-state index in [1.807, 2.05) is 33.4 Å². The second-order valence-electron chi connectivity index (χ2n) is 7.19. The molecule has 0 bridgehead atoms. The maximum absolute atomic E-state index is 12.9. The second-order valence-corrected chi connectivity index (χ2v) is 8.14. The maximum atomic E-state index is 12.9. The quantitative estimate of drug-likeness (QED) is 0.819. The minimum Gasteiger partial charge on any atom is -0.368 e. The number of amides is 2. The van der Waals surface area contributed by atoms with Gasteiger partial charge in [-0.15, -0.1) is 11.3 Å². The monoisotopic (exact) mass is 383 g/mol. The molecule has 1 aromatic heterocycles. The fourth-order valence-corrected chi connectivity index (χ4v) is 4.66. The van der Waals surface area contributed by atoms with Crippen molar-refractivity contribution in [3.63, 3.8) is 0 Å². The van der Waals surface area contributed by atoms with Gasteiger partial charge in [0.1, 0.15) is 0 Å². The maximum Gasteiger partial charge on any atom is 0.263 e. The van der Waals surface area contributed by atoms with Gasteiger partial charge in [0.2, 0.25) is 5.91 Å². The van der Waals surface area contributed by atoms with Gasteiger partial charge in [-0.2, -0.15) is 0 Å². The highest BCUT2D eigenvalue weighted by Crippen LogP contribution is 2.24. The van der Waals surface area contributed by atoms with E-state index in [0.717, 1.165) is 43.9 Å². The van der Waals surface area contributed by atoms with Crippen molar-refractivity contribution in [2.45, 2.75) is 12.8 Å². The molecule has 0 N–H and O–H groups in total. The third-order valence-electron chi connectivity index (χ3n) is 5.58. The Bertz CT molecular complexity index is 762.